The van der Waals surface area contributed by atoms with Gasteiger partial charge < -0.3 is 18.6 Å². The van der Waals surface area contributed by atoms with Gasteiger partial charge >= 0.3 is 5.97 Å². The fourth-order valence-corrected chi connectivity index (χ4v) is 3.27. The Kier molecular flexibility index (Phi) is 6.37. The minimum atomic E-state index is -0.559. The van der Waals surface area contributed by atoms with Gasteiger partial charge in [0.25, 0.3) is 0 Å². The van der Waals surface area contributed by atoms with E-state index in [4.69, 9.17) is 18.6 Å². The quantitative estimate of drug-likeness (QED) is 0.187. The Balaban J connectivity index is 1.49. The number of ether oxygens (including phenoxy) is 3. The molecule has 160 valence electrons. The molecule has 0 atom stereocenters. The molecule has 0 aliphatic heterocycles. The summed E-state index contributed by atoms with van der Waals surface area (Å²) < 4.78 is 22.4. The minimum absolute atomic E-state index is 0.0524. The van der Waals surface area contributed by atoms with E-state index >= 15 is 0 Å². The van der Waals surface area contributed by atoms with Crippen molar-refractivity contribution in [2.45, 2.75) is 0 Å². The molecule has 0 fully saturated rings. The summed E-state index contributed by atoms with van der Waals surface area (Å²) in [6.07, 6.45) is 4.18. The average molecular weight is 493 g/mol. The molecule has 4 aromatic rings. The molecule has 32 heavy (non-hydrogen) atoms. The van der Waals surface area contributed by atoms with E-state index in [-0.39, 0.29) is 22.5 Å². The van der Waals surface area contributed by atoms with Crippen molar-refractivity contribution in [2.24, 2.45) is 0 Å². The number of benzene rings is 3. The molecule has 0 saturated carbocycles. The van der Waals surface area contributed by atoms with Gasteiger partial charge in [0.15, 0.2) is 0 Å². The highest BCUT2D eigenvalue weighted by atomic mass is 79.9. The largest absolute Gasteiger partial charge is 0.497 e. The van der Waals surface area contributed by atoms with Gasteiger partial charge in [0, 0.05) is 12.1 Å². The van der Waals surface area contributed by atoms with Gasteiger partial charge in [-0.1, -0.05) is 24.3 Å². The highest BCUT2D eigenvalue weighted by Crippen LogP contribution is 2.29. The van der Waals surface area contributed by atoms with Crippen LogP contribution in [0, 0.1) is 0 Å². The summed E-state index contributed by atoms with van der Waals surface area (Å²) in [6, 6.07) is 19.0. The normalized spacial score (nSPS) is 10.9. The summed E-state index contributed by atoms with van der Waals surface area (Å²) in [4.78, 5) is 24.9. The van der Waals surface area contributed by atoms with Gasteiger partial charge in [0.2, 0.25) is 11.2 Å². The number of hydrogen-bond acceptors (Lipinski definition) is 6. The molecule has 0 unspecified atom stereocenters. The molecule has 0 aliphatic rings. The lowest BCUT2D eigenvalue weighted by Crippen LogP contribution is -2.06. The summed E-state index contributed by atoms with van der Waals surface area (Å²) in [7, 11) is 1.59. The van der Waals surface area contributed by atoms with Crippen LogP contribution in [0.1, 0.15) is 5.56 Å². The Morgan fingerprint density at radius 2 is 1.72 bits per heavy atom. The third-order valence-corrected chi connectivity index (χ3v) is 5.17. The first-order valence-electron chi connectivity index (χ1n) is 9.55. The molecule has 0 radical (unpaired) electrons. The number of halogens is 1. The van der Waals surface area contributed by atoms with Crippen molar-refractivity contribution in [1.82, 2.24) is 0 Å². The molecular weight excluding hydrogens is 476 g/mol. The van der Waals surface area contributed by atoms with Gasteiger partial charge in [-0.25, -0.2) is 4.79 Å². The van der Waals surface area contributed by atoms with Crippen molar-refractivity contribution in [3.05, 3.63) is 99.3 Å². The van der Waals surface area contributed by atoms with Crippen LogP contribution in [-0.2, 0) is 4.79 Å². The fraction of sp³-hybridized carbons (Fsp3) is 0.0400. The Morgan fingerprint density at radius 1 is 0.969 bits per heavy atom. The number of rotatable bonds is 6. The van der Waals surface area contributed by atoms with Crippen molar-refractivity contribution >= 4 is 38.9 Å². The summed E-state index contributed by atoms with van der Waals surface area (Å²) >= 11 is 3.38. The first kappa shape index (κ1) is 21.4. The van der Waals surface area contributed by atoms with Crippen molar-refractivity contribution in [3.63, 3.8) is 0 Å². The zero-order valence-corrected chi connectivity index (χ0v) is 18.5. The van der Waals surface area contributed by atoms with Gasteiger partial charge in [-0.3, -0.25) is 4.79 Å². The van der Waals surface area contributed by atoms with Gasteiger partial charge in [-0.05, 0) is 64.0 Å². The van der Waals surface area contributed by atoms with Crippen molar-refractivity contribution < 1.29 is 23.4 Å². The van der Waals surface area contributed by atoms with E-state index in [9.17, 15) is 9.59 Å². The van der Waals surface area contributed by atoms with Gasteiger partial charge in [-0.2, -0.15) is 0 Å². The van der Waals surface area contributed by atoms with E-state index in [1.54, 1.807) is 37.5 Å². The maximum atomic E-state index is 12.8. The van der Waals surface area contributed by atoms with Crippen molar-refractivity contribution in [3.8, 4) is 23.0 Å². The predicted octanol–water partition coefficient (Wildman–Crippen LogP) is 5.98. The highest BCUT2D eigenvalue weighted by Gasteiger charge is 2.12. The molecule has 0 spiro atoms. The summed E-state index contributed by atoms with van der Waals surface area (Å²) in [5.74, 6) is 0.971. The number of para-hydroxylation sites is 1. The van der Waals surface area contributed by atoms with E-state index in [0.29, 0.717) is 15.6 Å². The molecule has 6 nitrogen and oxygen atoms in total. The number of fused-ring (bicyclic) bond motifs is 1. The Bertz CT molecular complexity index is 1360. The maximum absolute atomic E-state index is 12.8. The molecule has 0 N–H and O–H groups in total. The molecule has 0 saturated heterocycles. The summed E-state index contributed by atoms with van der Waals surface area (Å²) in [5, 5.41) is 0.308. The van der Waals surface area contributed by atoms with Crippen LogP contribution in [0.3, 0.4) is 0 Å². The van der Waals surface area contributed by atoms with Crippen LogP contribution in [0.15, 0.2) is 92.8 Å². The molecule has 1 aromatic heterocycles. The molecular formula is C25H17BrO6. The third-order valence-electron chi connectivity index (χ3n) is 4.52. The lowest BCUT2D eigenvalue weighted by atomic mass is 10.2. The summed E-state index contributed by atoms with van der Waals surface area (Å²) in [5.41, 5.74) is 0.767. The smallest absolute Gasteiger partial charge is 0.336 e. The standard InChI is InChI=1S/C25H17BrO6/c1-29-17-9-6-16(7-10-17)8-13-24(27)31-18-11-12-19-22(14-18)30-15-23(25(19)28)32-21-5-3-2-4-20(21)26/h2-15H,1H3/b13-8+. The van der Waals surface area contributed by atoms with Crippen LogP contribution in [0.5, 0.6) is 23.0 Å². The second kappa shape index (κ2) is 9.53. The van der Waals surface area contributed by atoms with Gasteiger partial charge in [0.05, 0.1) is 17.0 Å². The van der Waals surface area contributed by atoms with E-state index < -0.39 is 5.97 Å². The Morgan fingerprint density at radius 3 is 2.47 bits per heavy atom. The van der Waals surface area contributed by atoms with Crippen LogP contribution in [0.2, 0.25) is 0 Å². The first-order chi connectivity index (χ1) is 15.5. The number of methoxy groups -OCH3 is 1. The van der Waals surface area contributed by atoms with Gasteiger partial charge in [0.1, 0.15) is 29.1 Å². The minimum Gasteiger partial charge on any atom is -0.497 e. The fourth-order valence-electron chi connectivity index (χ4n) is 2.90. The van der Waals surface area contributed by atoms with E-state index in [0.717, 1.165) is 11.3 Å². The lowest BCUT2D eigenvalue weighted by molar-refractivity contribution is -0.128. The maximum Gasteiger partial charge on any atom is 0.336 e. The Labute approximate surface area is 191 Å². The number of esters is 1. The number of carbonyl (C=O) groups is 1. The van der Waals surface area contributed by atoms with Crippen LogP contribution in [0.25, 0.3) is 17.0 Å². The molecule has 0 bridgehead atoms. The zero-order chi connectivity index (χ0) is 22.5. The average Bonchev–Trinajstić information content (AvgIpc) is 2.81. The third kappa shape index (κ3) is 4.90. The second-order valence-corrected chi connectivity index (χ2v) is 7.50. The molecule has 0 aliphatic carbocycles. The van der Waals surface area contributed by atoms with E-state index in [2.05, 4.69) is 15.9 Å². The van der Waals surface area contributed by atoms with Crippen LogP contribution in [-0.4, -0.2) is 13.1 Å². The number of hydrogen-bond donors (Lipinski definition) is 0. The monoisotopic (exact) mass is 492 g/mol. The molecule has 4 rings (SSSR count). The topological polar surface area (TPSA) is 75.0 Å². The van der Waals surface area contributed by atoms with Crippen LogP contribution < -0.4 is 19.6 Å². The molecule has 7 heteroatoms. The SMILES string of the molecule is COc1ccc(/C=C/C(=O)Oc2ccc3c(=O)c(Oc4ccccc4Br)coc3c2)cc1. The predicted molar refractivity (Wildman–Crippen MR) is 124 cm³/mol. The molecule has 0 amide bonds. The zero-order valence-electron chi connectivity index (χ0n) is 16.9. The van der Waals surface area contributed by atoms with Gasteiger partial charge in [-0.15, -0.1) is 0 Å². The van der Waals surface area contributed by atoms with E-state index in [1.807, 2.05) is 24.3 Å². The Hall–Kier alpha value is -3.84. The molecule has 3 aromatic carbocycles. The first-order valence-corrected chi connectivity index (χ1v) is 10.3. The summed E-state index contributed by atoms with van der Waals surface area (Å²) in [6.45, 7) is 0. The van der Waals surface area contributed by atoms with Crippen LogP contribution >= 0.6 is 15.9 Å². The van der Waals surface area contributed by atoms with E-state index in [1.165, 1.54) is 30.5 Å². The lowest BCUT2D eigenvalue weighted by Gasteiger charge is -2.08. The van der Waals surface area contributed by atoms with Crippen LogP contribution in [0.4, 0.5) is 0 Å². The second-order valence-electron chi connectivity index (χ2n) is 6.65. The number of carbonyl (C=O) groups excluding carboxylic acids is 1. The van der Waals surface area contributed by atoms with Crippen molar-refractivity contribution in [2.75, 3.05) is 7.11 Å². The molecule has 1 heterocycles. The van der Waals surface area contributed by atoms with Crippen molar-refractivity contribution in [1.29, 1.82) is 0 Å². The highest BCUT2D eigenvalue weighted by molar-refractivity contribution is 9.10.